The van der Waals surface area contributed by atoms with Crippen LogP contribution in [0.1, 0.15) is 29.5 Å². The van der Waals surface area contributed by atoms with E-state index in [0.717, 1.165) is 42.6 Å². The highest BCUT2D eigenvalue weighted by Gasteiger charge is 2.37. The summed E-state index contributed by atoms with van der Waals surface area (Å²) < 4.78 is 62.9. The van der Waals surface area contributed by atoms with Crippen LogP contribution in [-0.4, -0.2) is 151 Å². The van der Waals surface area contributed by atoms with E-state index >= 15 is 0 Å². The van der Waals surface area contributed by atoms with Crippen LogP contribution in [0.15, 0.2) is 91.0 Å². The first-order valence-corrected chi connectivity index (χ1v) is 20.2. The van der Waals surface area contributed by atoms with Crippen molar-refractivity contribution in [2.45, 2.75) is 24.5 Å². The molecule has 12 nitrogen and oxygen atoms in total. The second-order valence-electron chi connectivity index (χ2n) is 13.0. The maximum Gasteiger partial charge on any atom is 0.143 e. The number of rotatable bonds is 35. The molecule has 0 atom stereocenters. The van der Waals surface area contributed by atoms with Gasteiger partial charge in [-0.25, -0.2) is 0 Å². The predicted octanol–water partition coefficient (Wildman–Crippen LogP) is 4.91. The summed E-state index contributed by atoms with van der Waals surface area (Å²) in [4.78, 5) is 0. The Morgan fingerprint density at radius 2 is 0.625 bits per heavy atom. The fourth-order valence-corrected chi connectivity index (χ4v) is 6.12. The lowest BCUT2D eigenvalue weighted by Crippen LogP contribution is -2.34. The first kappa shape index (κ1) is 45.9. The molecule has 0 amide bonds. The van der Waals surface area contributed by atoms with E-state index < -0.39 is 5.60 Å². The smallest absolute Gasteiger partial charge is 0.143 e. The third-order valence-corrected chi connectivity index (χ3v) is 8.93. The van der Waals surface area contributed by atoms with Crippen molar-refractivity contribution in [3.63, 3.8) is 0 Å². The third kappa shape index (κ3) is 19.1. The molecule has 4 rings (SSSR count). The van der Waals surface area contributed by atoms with Crippen LogP contribution in [0.3, 0.4) is 0 Å². The molecule has 1 heterocycles. The van der Waals surface area contributed by atoms with E-state index in [4.69, 9.17) is 52.1 Å². The highest BCUT2D eigenvalue weighted by atomic mass is 16.6. The molecular formula is C44H65NO11. The Balaban J connectivity index is 0.867. The van der Waals surface area contributed by atoms with Crippen molar-refractivity contribution in [2.24, 2.45) is 0 Å². The van der Waals surface area contributed by atoms with Crippen LogP contribution in [0.4, 0.5) is 0 Å². The molecule has 12 heteroatoms. The molecule has 1 aliphatic heterocycles. The van der Waals surface area contributed by atoms with Gasteiger partial charge in [0.2, 0.25) is 0 Å². The largest absolute Gasteiger partial charge is 0.377 e. The van der Waals surface area contributed by atoms with E-state index in [9.17, 15) is 0 Å². The molecule has 0 saturated carbocycles. The van der Waals surface area contributed by atoms with Gasteiger partial charge in [-0.2, -0.15) is 0 Å². The molecule has 0 bridgehead atoms. The molecule has 0 aliphatic carbocycles. The second-order valence-corrected chi connectivity index (χ2v) is 13.0. The van der Waals surface area contributed by atoms with Gasteiger partial charge in [0, 0.05) is 0 Å². The maximum absolute atomic E-state index is 6.73. The fraction of sp³-hybridized carbons (Fsp3) is 0.591. The van der Waals surface area contributed by atoms with Crippen molar-refractivity contribution >= 4 is 0 Å². The lowest BCUT2D eigenvalue weighted by Gasteiger charge is -2.36. The van der Waals surface area contributed by atoms with Crippen molar-refractivity contribution in [1.82, 2.24) is 5.32 Å². The molecular weight excluding hydrogens is 718 g/mol. The summed E-state index contributed by atoms with van der Waals surface area (Å²) in [6, 6.07) is 31.0. The Morgan fingerprint density at radius 3 is 0.929 bits per heavy atom. The van der Waals surface area contributed by atoms with Crippen LogP contribution < -0.4 is 5.32 Å². The molecule has 0 radical (unpaired) electrons. The van der Waals surface area contributed by atoms with Gasteiger partial charge in [0.15, 0.2) is 0 Å². The predicted molar refractivity (Wildman–Crippen MR) is 214 cm³/mol. The SMILES string of the molecule is c1ccc(C(OCCOCCOCCOCCOCCOCCOCCOCCOCCOCCOC2CCNCC2)(c2ccccc2)c2ccccc2)cc1. The molecule has 0 unspecified atom stereocenters. The second kappa shape index (κ2) is 31.2. The van der Waals surface area contributed by atoms with Crippen molar-refractivity contribution in [2.75, 3.05) is 145 Å². The van der Waals surface area contributed by atoms with Gasteiger partial charge in [-0.1, -0.05) is 91.0 Å². The topological polar surface area (TPSA) is 114 Å². The van der Waals surface area contributed by atoms with E-state index in [-0.39, 0.29) is 0 Å². The van der Waals surface area contributed by atoms with Crippen molar-refractivity contribution in [1.29, 1.82) is 0 Å². The minimum Gasteiger partial charge on any atom is -0.377 e. The number of hydrogen-bond donors (Lipinski definition) is 1. The normalized spacial score (nSPS) is 13.7. The Labute approximate surface area is 334 Å². The summed E-state index contributed by atoms with van der Waals surface area (Å²) >= 11 is 0. The summed E-state index contributed by atoms with van der Waals surface area (Å²) in [6.07, 6.45) is 2.53. The lowest BCUT2D eigenvalue weighted by atomic mass is 9.80. The minimum absolute atomic E-state index is 0.368. The average Bonchev–Trinajstić information content (AvgIpc) is 3.25. The summed E-state index contributed by atoms with van der Waals surface area (Å²) in [5, 5.41) is 3.33. The molecule has 312 valence electrons. The molecule has 56 heavy (non-hydrogen) atoms. The van der Waals surface area contributed by atoms with Crippen LogP contribution in [0.25, 0.3) is 0 Å². The number of ether oxygens (including phenoxy) is 11. The molecule has 1 N–H and O–H groups in total. The molecule has 0 spiro atoms. The quantitative estimate of drug-likeness (QED) is 0.0646. The summed E-state index contributed by atoms with van der Waals surface area (Å²) in [6.45, 7) is 12.4. The van der Waals surface area contributed by atoms with E-state index in [2.05, 4.69) is 41.7 Å². The maximum atomic E-state index is 6.73. The third-order valence-electron chi connectivity index (χ3n) is 8.93. The van der Waals surface area contributed by atoms with Crippen molar-refractivity contribution in [3.05, 3.63) is 108 Å². The molecule has 0 aromatic heterocycles. The Hall–Kier alpha value is -2.82. The van der Waals surface area contributed by atoms with Crippen LogP contribution in [0.2, 0.25) is 0 Å². The fourth-order valence-electron chi connectivity index (χ4n) is 6.12. The van der Waals surface area contributed by atoms with Crippen molar-refractivity contribution < 1.29 is 52.1 Å². The Morgan fingerprint density at radius 1 is 0.357 bits per heavy atom. The summed E-state index contributed by atoms with van der Waals surface area (Å²) in [5.41, 5.74) is 2.46. The standard InChI is InChI=1S/C44H65NO11/c1-4-10-40(11-5-1)44(41-12-6-2-7-13-41,42-14-8-3-9-15-42)56-39-37-54-35-33-52-31-29-50-27-25-48-23-21-46-20-22-47-24-26-49-28-30-51-32-34-53-36-38-55-43-16-18-45-19-17-43/h1-15,43,45H,16-39H2. The van der Waals surface area contributed by atoms with Gasteiger partial charge in [-0.15, -0.1) is 0 Å². The van der Waals surface area contributed by atoms with E-state index in [1.165, 1.54) is 0 Å². The van der Waals surface area contributed by atoms with Gasteiger partial charge < -0.3 is 57.4 Å². The van der Waals surface area contributed by atoms with Gasteiger partial charge in [-0.05, 0) is 42.6 Å². The number of piperidine rings is 1. The zero-order valence-electron chi connectivity index (χ0n) is 33.2. The van der Waals surface area contributed by atoms with E-state index in [1.807, 2.05) is 54.6 Å². The summed E-state index contributed by atoms with van der Waals surface area (Å²) in [5.74, 6) is 0. The lowest BCUT2D eigenvalue weighted by molar-refractivity contribution is -0.0400. The van der Waals surface area contributed by atoms with Crippen LogP contribution in [-0.2, 0) is 57.7 Å². The zero-order chi connectivity index (χ0) is 38.9. The molecule has 1 aliphatic rings. The highest BCUT2D eigenvalue weighted by Crippen LogP contribution is 2.40. The average molecular weight is 784 g/mol. The number of hydrogen-bond acceptors (Lipinski definition) is 12. The monoisotopic (exact) mass is 783 g/mol. The van der Waals surface area contributed by atoms with Gasteiger partial charge >= 0.3 is 0 Å². The van der Waals surface area contributed by atoms with Crippen molar-refractivity contribution in [3.8, 4) is 0 Å². The van der Waals surface area contributed by atoms with Gasteiger partial charge in [0.05, 0.1) is 138 Å². The zero-order valence-corrected chi connectivity index (χ0v) is 33.2. The Kier molecular flexibility index (Phi) is 25.6. The van der Waals surface area contributed by atoms with Gasteiger partial charge in [0.1, 0.15) is 5.60 Å². The number of nitrogens with one attached hydrogen (secondary N) is 1. The molecule has 1 fully saturated rings. The minimum atomic E-state index is -0.750. The Bertz CT molecular complexity index is 1210. The first-order chi connectivity index (χ1) is 27.9. The van der Waals surface area contributed by atoms with Crippen LogP contribution in [0.5, 0.6) is 0 Å². The van der Waals surface area contributed by atoms with Crippen LogP contribution in [0, 0.1) is 0 Å². The van der Waals surface area contributed by atoms with Gasteiger partial charge in [-0.3, -0.25) is 0 Å². The van der Waals surface area contributed by atoms with E-state index in [0.29, 0.717) is 138 Å². The van der Waals surface area contributed by atoms with Crippen LogP contribution >= 0.6 is 0 Å². The number of benzene rings is 3. The molecule has 3 aromatic carbocycles. The van der Waals surface area contributed by atoms with Gasteiger partial charge in [0.25, 0.3) is 0 Å². The highest BCUT2D eigenvalue weighted by molar-refractivity contribution is 5.47. The summed E-state index contributed by atoms with van der Waals surface area (Å²) in [7, 11) is 0. The first-order valence-electron chi connectivity index (χ1n) is 20.2. The van der Waals surface area contributed by atoms with E-state index in [1.54, 1.807) is 0 Å². The molecule has 3 aromatic rings. The molecule has 1 saturated heterocycles.